The highest BCUT2D eigenvalue weighted by molar-refractivity contribution is 5.94. The summed E-state index contributed by atoms with van der Waals surface area (Å²) < 4.78 is 6.04. The van der Waals surface area contributed by atoms with Gasteiger partial charge in [-0.3, -0.25) is 4.79 Å². The molecule has 1 amide bonds. The van der Waals surface area contributed by atoms with Crippen molar-refractivity contribution in [1.29, 1.82) is 0 Å². The van der Waals surface area contributed by atoms with Gasteiger partial charge in [-0.1, -0.05) is 6.07 Å². The third-order valence-corrected chi connectivity index (χ3v) is 4.54. The maximum Gasteiger partial charge on any atom is 0.224 e. The number of carbonyl (C=O) groups is 1. The summed E-state index contributed by atoms with van der Waals surface area (Å²) >= 11 is 0. The molecule has 0 aliphatic carbocycles. The van der Waals surface area contributed by atoms with Crippen molar-refractivity contribution in [2.24, 2.45) is 5.92 Å². The van der Waals surface area contributed by atoms with Gasteiger partial charge in [0.25, 0.3) is 0 Å². The molecule has 2 aliphatic heterocycles. The summed E-state index contributed by atoms with van der Waals surface area (Å²) in [5.41, 5.74) is 1.88. The Morgan fingerprint density at radius 2 is 2.27 bits per heavy atom. The first-order valence-electron chi connectivity index (χ1n) is 8.25. The average Bonchev–Trinajstić information content (AvgIpc) is 2.47. The van der Waals surface area contributed by atoms with Gasteiger partial charge in [-0.05, 0) is 69.8 Å². The number of benzene rings is 1. The number of rotatable bonds is 2. The Bertz CT molecular complexity index is 562. The minimum atomic E-state index is -0.340. The molecule has 1 N–H and O–H groups in total. The van der Waals surface area contributed by atoms with E-state index in [4.69, 9.17) is 4.74 Å². The molecule has 2 heterocycles. The van der Waals surface area contributed by atoms with E-state index in [9.17, 15) is 4.79 Å². The Hall–Kier alpha value is -1.55. The molecule has 0 radical (unpaired) electrons. The zero-order valence-corrected chi connectivity index (χ0v) is 13.8. The van der Waals surface area contributed by atoms with Crippen LogP contribution < -0.4 is 15.0 Å². The van der Waals surface area contributed by atoms with E-state index >= 15 is 0 Å². The van der Waals surface area contributed by atoms with Gasteiger partial charge in [-0.2, -0.15) is 0 Å². The molecule has 2 aliphatic rings. The predicted molar refractivity (Wildman–Crippen MR) is 88.5 cm³/mol. The molecule has 1 aromatic carbocycles. The summed E-state index contributed by atoms with van der Waals surface area (Å²) in [4.78, 5) is 13.9. The van der Waals surface area contributed by atoms with Gasteiger partial charge in [0.1, 0.15) is 11.4 Å². The van der Waals surface area contributed by atoms with Crippen LogP contribution in [0.3, 0.4) is 0 Å². The van der Waals surface area contributed by atoms with E-state index in [-0.39, 0.29) is 11.5 Å². The quantitative estimate of drug-likeness (QED) is 0.913. The van der Waals surface area contributed by atoms with Gasteiger partial charge in [-0.25, -0.2) is 0 Å². The lowest BCUT2D eigenvalue weighted by Gasteiger charge is -2.39. The molecule has 120 valence electrons. The molecule has 1 fully saturated rings. The lowest BCUT2D eigenvalue weighted by Crippen LogP contribution is -2.48. The minimum Gasteiger partial charge on any atom is -0.484 e. The SMILES string of the molecule is CC(=O)N1CC(C)(C)Oc2ccc(CC3CCCNC3)cc21. The normalized spacial score (nSPS) is 23.6. The third kappa shape index (κ3) is 3.27. The first-order valence-corrected chi connectivity index (χ1v) is 8.25. The first-order chi connectivity index (χ1) is 10.4. The number of nitrogens with one attached hydrogen (secondary N) is 1. The summed E-state index contributed by atoms with van der Waals surface area (Å²) in [6, 6.07) is 6.31. The van der Waals surface area contributed by atoms with Crippen LogP contribution in [-0.2, 0) is 11.2 Å². The number of hydrogen-bond acceptors (Lipinski definition) is 3. The van der Waals surface area contributed by atoms with E-state index in [0.29, 0.717) is 12.5 Å². The predicted octanol–water partition coefficient (Wildman–Crippen LogP) is 2.75. The fraction of sp³-hybridized carbons (Fsp3) is 0.611. The fourth-order valence-corrected chi connectivity index (χ4v) is 3.50. The monoisotopic (exact) mass is 302 g/mol. The molecule has 1 aromatic rings. The van der Waals surface area contributed by atoms with E-state index in [1.807, 2.05) is 24.8 Å². The average molecular weight is 302 g/mol. The number of hydrogen-bond donors (Lipinski definition) is 1. The number of anilines is 1. The standard InChI is InChI=1S/C18H26N2O2/c1-13(21)20-12-18(2,3)22-17-7-6-14(10-16(17)20)9-15-5-4-8-19-11-15/h6-7,10,15,19H,4-5,8-9,11-12H2,1-3H3. The number of carbonyl (C=O) groups excluding carboxylic acids is 1. The maximum absolute atomic E-state index is 12.0. The Morgan fingerprint density at radius 3 is 2.95 bits per heavy atom. The Morgan fingerprint density at radius 1 is 1.45 bits per heavy atom. The van der Waals surface area contributed by atoms with Crippen LogP contribution in [0.4, 0.5) is 5.69 Å². The molecule has 4 heteroatoms. The molecule has 0 spiro atoms. The highest BCUT2D eigenvalue weighted by Crippen LogP contribution is 2.38. The largest absolute Gasteiger partial charge is 0.484 e. The lowest BCUT2D eigenvalue weighted by atomic mass is 9.91. The van der Waals surface area contributed by atoms with Crippen LogP contribution in [0.15, 0.2) is 18.2 Å². The summed E-state index contributed by atoms with van der Waals surface area (Å²) in [5, 5.41) is 3.47. The molecule has 1 unspecified atom stereocenters. The second kappa shape index (κ2) is 5.92. The van der Waals surface area contributed by atoms with Gasteiger partial charge in [0, 0.05) is 6.92 Å². The fourth-order valence-electron chi connectivity index (χ4n) is 3.50. The van der Waals surface area contributed by atoms with Crippen molar-refractivity contribution in [2.75, 3.05) is 24.5 Å². The van der Waals surface area contributed by atoms with Crippen LogP contribution in [0.25, 0.3) is 0 Å². The second-order valence-electron chi connectivity index (χ2n) is 7.19. The lowest BCUT2D eigenvalue weighted by molar-refractivity contribution is -0.117. The van der Waals surface area contributed by atoms with Gasteiger partial charge in [0.2, 0.25) is 5.91 Å². The third-order valence-electron chi connectivity index (χ3n) is 4.54. The zero-order chi connectivity index (χ0) is 15.7. The molecule has 0 bridgehead atoms. The highest BCUT2D eigenvalue weighted by Gasteiger charge is 2.33. The van der Waals surface area contributed by atoms with E-state index in [1.54, 1.807) is 6.92 Å². The number of nitrogens with zero attached hydrogens (tertiary/aromatic N) is 1. The molecule has 4 nitrogen and oxygen atoms in total. The molecule has 0 saturated carbocycles. The van der Waals surface area contributed by atoms with Crippen molar-refractivity contribution in [1.82, 2.24) is 5.32 Å². The van der Waals surface area contributed by atoms with Crippen molar-refractivity contribution in [2.45, 2.75) is 45.6 Å². The smallest absolute Gasteiger partial charge is 0.224 e. The summed E-state index contributed by atoms with van der Waals surface area (Å²) in [5.74, 6) is 1.59. The Balaban J connectivity index is 1.84. The number of ether oxygens (including phenoxy) is 1. The summed E-state index contributed by atoms with van der Waals surface area (Å²) in [6.45, 7) is 8.51. The Kier molecular flexibility index (Phi) is 4.13. The molecule has 1 saturated heterocycles. The minimum absolute atomic E-state index is 0.0779. The van der Waals surface area contributed by atoms with Crippen molar-refractivity contribution in [3.05, 3.63) is 23.8 Å². The molecule has 22 heavy (non-hydrogen) atoms. The van der Waals surface area contributed by atoms with Crippen LogP contribution in [0.5, 0.6) is 5.75 Å². The second-order valence-corrected chi connectivity index (χ2v) is 7.19. The van der Waals surface area contributed by atoms with Gasteiger partial charge in [0.15, 0.2) is 0 Å². The van der Waals surface area contributed by atoms with Crippen LogP contribution >= 0.6 is 0 Å². The molecule has 1 atom stereocenters. The van der Waals surface area contributed by atoms with E-state index < -0.39 is 0 Å². The van der Waals surface area contributed by atoms with Crippen LogP contribution in [-0.4, -0.2) is 31.1 Å². The highest BCUT2D eigenvalue weighted by atomic mass is 16.5. The van der Waals surface area contributed by atoms with Crippen molar-refractivity contribution in [3.8, 4) is 5.75 Å². The van der Waals surface area contributed by atoms with Crippen molar-refractivity contribution in [3.63, 3.8) is 0 Å². The molecule has 3 rings (SSSR count). The summed E-state index contributed by atoms with van der Waals surface area (Å²) in [7, 11) is 0. The topological polar surface area (TPSA) is 41.6 Å². The number of fused-ring (bicyclic) bond motifs is 1. The van der Waals surface area contributed by atoms with Crippen molar-refractivity contribution < 1.29 is 9.53 Å². The first kappa shape index (κ1) is 15.3. The van der Waals surface area contributed by atoms with E-state index in [0.717, 1.165) is 30.9 Å². The van der Waals surface area contributed by atoms with Crippen LogP contribution in [0.1, 0.15) is 39.2 Å². The van der Waals surface area contributed by atoms with Gasteiger partial charge >= 0.3 is 0 Å². The van der Waals surface area contributed by atoms with Gasteiger partial charge < -0.3 is 15.0 Å². The summed E-state index contributed by atoms with van der Waals surface area (Å²) in [6.07, 6.45) is 3.60. The molecular weight excluding hydrogens is 276 g/mol. The number of amides is 1. The molecular formula is C18H26N2O2. The van der Waals surface area contributed by atoms with Crippen LogP contribution in [0, 0.1) is 5.92 Å². The van der Waals surface area contributed by atoms with Gasteiger partial charge in [0.05, 0.1) is 12.2 Å². The zero-order valence-electron chi connectivity index (χ0n) is 13.8. The van der Waals surface area contributed by atoms with E-state index in [1.165, 1.54) is 18.4 Å². The van der Waals surface area contributed by atoms with Crippen LogP contribution in [0.2, 0.25) is 0 Å². The van der Waals surface area contributed by atoms with Crippen molar-refractivity contribution >= 4 is 11.6 Å². The molecule has 0 aromatic heterocycles. The van der Waals surface area contributed by atoms with E-state index in [2.05, 4.69) is 17.4 Å². The maximum atomic E-state index is 12.0. The number of piperidine rings is 1. The Labute approximate surface area is 132 Å². The van der Waals surface area contributed by atoms with Gasteiger partial charge in [-0.15, -0.1) is 0 Å².